The van der Waals surface area contributed by atoms with E-state index in [1.165, 1.54) is 32.2 Å². The van der Waals surface area contributed by atoms with Crippen molar-refractivity contribution in [3.63, 3.8) is 0 Å². The van der Waals surface area contributed by atoms with E-state index in [1.54, 1.807) is 0 Å². The van der Waals surface area contributed by atoms with Gasteiger partial charge in [0, 0.05) is 12.6 Å². The molecule has 2 unspecified atom stereocenters. The summed E-state index contributed by atoms with van der Waals surface area (Å²) >= 11 is 0. The van der Waals surface area contributed by atoms with Gasteiger partial charge in [-0.05, 0) is 44.7 Å². The van der Waals surface area contributed by atoms with Crippen LogP contribution in [0.25, 0.3) is 0 Å². The largest absolute Gasteiger partial charge is 0.378 e. The molecule has 3 nitrogen and oxygen atoms in total. The minimum Gasteiger partial charge on any atom is -0.378 e. The van der Waals surface area contributed by atoms with Crippen molar-refractivity contribution in [2.75, 3.05) is 32.8 Å². The zero-order chi connectivity index (χ0) is 11.8. The normalized spacial score (nSPS) is 24.6. The van der Waals surface area contributed by atoms with E-state index in [0.717, 1.165) is 32.2 Å². The summed E-state index contributed by atoms with van der Waals surface area (Å²) in [6.45, 7) is 9.58. The quantitative estimate of drug-likeness (QED) is 0.723. The van der Waals surface area contributed by atoms with Gasteiger partial charge < -0.3 is 10.5 Å². The average molecular weight is 228 g/mol. The highest BCUT2D eigenvalue weighted by Gasteiger charge is 2.20. The Morgan fingerprint density at radius 2 is 2.25 bits per heavy atom. The van der Waals surface area contributed by atoms with Crippen LogP contribution in [0, 0.1) is 5.92 Å². The van der Waals surface area contributed by atoms with E-state index in [2.05, 4.69) is 18.7 Å². The Morgan fingerprint density at radius 3 is 2.94 bits per heavy atom. The van der Waals surface area contributed by atoms with Crippen molar-refractivity contribution in [3.05, 3.63) is 0 Å². The molecule has 2 N–H and O–H groups in total. The summed E-state index contributed by atoms with van der Waals surface area (Å²) in [6, 6.07) is 0.651. The first kappa shape index (κ1) is 13.9. The second-order valence-electron chi connectivity index (χ2n) is 5.00. The Morgan fingerprint density at radius 1 is 1.44 bits per heavy atom. The van der Waals surface area contributed by atoms with E-state index in [1.807, 2.05) is 0 Å². The molecule has 1 fully saturated rings. The molecule has 1 aliphatic rings. The van der Waals surface area contributed by atoms with Crippen LogP contribution in [0.2, 0.25) is 0 Å². The lowest BCUT2D eigenvalue weighted by atomic mass is 10.0. The highest BCUT2D eigenvalue weighted by atomic mass is 16.5. The molecule has 0 amide bonds. The molecule has 1 heterocycles. The van der Waals surface area contributed by atoms with Gasteiger partial charge in [0.15, 0.2) is 0 Å². The first-order chi connectivity index (χ1) is 7.77. The minimum absolute atomic E-state index is 0.651. The number of hydrogen-bond donors (Lipinski definition) is 1. The molecule has 96 valence electrons. The summed E-state index contributed by atoms with van der Waals surface area (Å²) < 4.78 is 5.51. The van der Waals surface area contributed by atoms with E-state index in [-0.39, 0.29) is 0 Å². The van der Waals surface area contributed by atoms with Gasteiger partial charge in [-0.2, -0.15) is 0 Å². The van der Waals surface area contributed by atoms with E-state index >= 15 is 0 Å². The Balaban J connectivity index is 2.15. The van der Waals surface area contributed by atoms with Gasteiger partial charge >= 0.3 is 0 Å². The fourth-order valence-electron chi connectivity index (χ4n) is 2.43. The zero-order valence-corrected chi connectivity index (χ0v) is 11.0. The molecule has 1 saturated heterocycles. The lowest BCUT2D eigenvalue weighted by Gasteiger charge is -2.35. The monoisotopic (exact) mass is 228 g/mol. The summed E-state index contributed by atoms with van der Waals surface area (Å²) in [6.07, 6.45) is 4.99. The van der Waals surface area contributed by atoms with Crippen LogP contribution in [-0.4, -0.2) is 43.8 Å². The van der Waals surface area contributed by atoms with E-state index in [9.17, 15) is 0 Å². The third-order valence-corrected chi connectivity index (χ3v) is 3.62. The number of nitrogens with zero attached hydrogens (tertiary/aromatic N) is 1. The summed E-state index contributed by atoms with van der Waals surface area (Å²) in [5, 5.41) is 0. The van der Waals surface area contributed by atoms with Crippen LogP contribution in [0.15, 0.2) is 0 Å². The SMILES string of the molecule is CCC1COCCN1CCCC(C)CCN. The minimum atomic E-state index is 0.651. The van der Waals surface area contributed by atoms with Gasteiger partial charge in [0.1, 0.15) is 0 Å². The van der Waals surface area contributed by atoms with Crippen molar-refractivity contribution in [3.8, 4) is 0 Å². The smallest absolute Gasteiger partial charge is 0.0622 e. The van der Waals surface area contributed by atoms with Crippen molar-refractivity contribution in [1.82, 2.24) is 4.90 Å². The van der Waals surface area contributed by atoms with Crippen molar-refractivity contribution in [1.29, 1.82) is 0 Å². The van der Waals surface area contributed by atoms with Crippen LogP contribution in [0.3, 0.4) is 0 Å². The highest BCUT2D eigenvalue weighted by molar-refractivity contribution is 4.74. The molecule has 0 aromatic rings. The molecular weight excluding hydrogens is 200 g/mol. The topological polar surface area (TPSA) is 38.5 Å². The lowest BCUT2D eigenvalue weighted by molar-refractivity contribution is -0.00951. The zero-order valence-electron chi connectivity index (χ0n) is 11.0. The number of ether oxygens (including phenoxy) is 1. The average Bonchev–Trinajstić information content (AvgIpc) is 2.30. The summed E-state index contributed by atoms with van der Waals surface area (Å²) in [4.78, 5) is 2.60. The Bertz CT molecular complexity index is 175. The maximum atomic E-state index is 5.56. The summed E-state index contributed by atoms with van der Waals surface area (Å²) in [5.41, 5.74) is 5.56. The molecule has 0 saturated carbocycles. The predicted octanol–water partition coefficient (Wildman–Crippen LogP) is 1.86. The first-order valence-corrected chi connectivity index (χ1v) is 6.79. The maximum absolute atomic E-state index is 5.56. The fraction of sp³-hybridized carbons (Fsp3) is 1.00. The molecule has 0 aliphatic carbocycles. The van der Waals surface area contributed by atoms with Crippen molar-refractivity contribution in [2.24, 2.45) is 11.7 Å². The molecule has 2 atom stereocenters. The van der Waals surface area contributed by atoms with Crippen molar-refractivity contribution < 1.29 is 4.74 Å². The first-order valence-electron chi connectivity index (χ1n) is 6.79. The second-order valence-corrected chi connectivity index (χ2v) is 5.00. The molecule has 0 spiro atoms. The van der Waals surface area contributed by atoms with Crippen LogP contribution < -0.4 is 5.73 Å². The van der Waals surface area contributed by atoms with Gasteiger partial charge in [-0.1, -0.05) is 13.8 Å². The summed E-state index contributed by atoms with van der Waals surface area (Å²) in [7, 11) is 0. The van der Waals surface area contributed by atoms with Gasteiger partial charge in [-0.3, -0.25) is 4.90 Å². The third kappa shape index (κ3) is 4.81. The lowest BCUT2D eigenvalue weighted by Crippen LogP contribution is -2.45. The molecule has 0 bridgehead atoms. The van der Waals surface area contributed by atoms with Gasteiger partial charge in [0.2, 0.25) is 0 Å². The van der Waals surface area contributed by atoms with Gasteiger partial charge in [0.25, 0.3) is 0 Å². The van der Waals surface area contributed by atoms with Crippen molar-refractivity contribution >= 4 is 0 Å². The van der Waals surface area contributed by atoms with E-state index in [4.69, 9.17) is 10.5 Å². The maximum Gasteiger partial charge on any atom is 0.0622 e. The van der Waals surface area contributed by atoms with Crippen LogP contribution in [0.4, 0.5) is 0 Å². The van der Waals surface area contributed by atoms with Gasteiger partial charge in [-0.15, -0.1) is 0 Å². The molecule has 0 aromatic heterocycles. The third-order valence-electron chi connectivity index (χ3n) is 3.62. The van der Waals surface area contributed by atoms with E-state index < -0.39 is 0 Å². The molecular formula is C13H28N2O. The van der Waals surface area contributed by atoms with Crippen LogP contribution in [0.5, 0.6) is 0 Å². The number of rotatable bonds is 7. The summed E-state index contributed by atoms with van der Waals surface area (Å²) in [5.74, 6) is 0.783. The fourth-order valence-corrected chi connectivity index (χ4v) is 2.43. The molecule has 16 heavy (non-hydrogen) atoms. The van der Waals surface area contributed by atoms with Gasteiger partial charge in [0.05, 0.1) is 13.2 Å². The van der Waals surface area contributed by atoms with Crippen LogP contribution in [-0.2, 0) is 4.74 Å². The molecule has 1 aliphatic heterocycles. The molecule has 0 aromatic carbocycles. The number of nitrogens with two attached hydrogens (primary N) is 1. The van der Waals surface area contributed by atoms with Crippen LogP contribution >= 0.6 is 0 Å². The number of hydrogen-bond acceptors (Lipinski definition) is 3. The Labute approximate surface area is 100 Å². The van der Waals surface area contributed by atoms with Crippen molar-refractivity contribution in [2.45, 2.75) is 45.6 Å². The molecule has 1 rings (SSSR count). The second kappa shape index (κ2) is 8.04. The molecule has 0 radical (unpaired) electrons. The highest BCUT2D eigenvalue weighted by Crippen LogP contribution is 2.14. The predicted molar refractivity (Wildman–Crippen MR) is 68.5 cm³/mol. The molecule has 3 heteroatoms. The van der Waals surface area contributed by atoms with E-state index in [0.29, 0.717) is 6.04 Å². The Hall–Kier alpha value is -0.120. The standard InChI is InChI=1S/C13H28N2O/c1-3-13-11-16-10-9-15(13)8-4-5-12(2)6-7-14/h12-13H,3-11,14H2,1-2H3. The Kier molecular flexibility index (Phi) is 7.01. The number of morpholine rings is 1. The van der Waals surface area contributed by atoms with Crippen LogP contribution in [0.1, 0.15) is 39.5 Å². The van der Waals surface area contributed by atoms with Gasteiger partial charge in [-0.25, -0.2) is 0 Å².